The number of amidine groups is 1. The first-order chi connectivity index (χ1) is 8.10. The molecule has 92 valence electrons. The van der Waals surface area contributed by atoms with Crippen molar-refractivity contribution in [3.05, 3.63) is 28.8 Å². The number of ether oxygens (including phenoxy) is 1. The minimum absolute atomic E-state index is 0.586. The van der Waals surface area contributed by atoms with E-state index < -0.39 is 0 Å². The fourth-order valence-electron chi connectivity index (χ4n) is 1.30. The van der Waals surface area contributed by atoms with Gasteiger partial charge in [-0.3, -0.25) is 0 Å². The molecule has 1 aromatic carbocycles. The highest BCUT2D eigenvalue weighted by molar-refractivity contribution is 6.34. The molecule has 0 atom stereocenters. The fraction of sp³-hybridized carbons (Fsp3) is 0.333. The van der Waals surface area contributed by atoms with E-state index in [1.165, 1.54) is 0 Å². The number of rotatable bonds is 3. The highest BCUT2D eigenvalue weighted by Crippen LogP contribution is 2.23. The molecule has 0 saturated heterocycles. The molecule has 0 aliphatic heterocycles. The molecule has 5 heteroatoms. The average Bonchev–Trinajstić information content (AvgIpc) is 2.30. The molecule has 0 aromatic heterocycles. The minimum Gasteiger partial charge on any atom is -0.497 e. The lowest BCUT2D eigenvalue weighted by Crippen LogP contribution is -2.23. The van der Waals surface area contributed by atoms with Crippen molar-refractivity contribution >= 4 is 23.7 Å². The van der Waals surface area contributed by atoms with Gasteiger partial charge in [-0.25, -0.2) is 0 Å². The van der Waals surface area contributed by atoms with E-state index in [2.05, 4.69) is 10.2 Å². The van der Waals surface area contributed by atoms with Crippen LogP contribution in [0.15, 0.2) is 28.4 Å². The van der Waals surface area contributed by atoms with Crippen molar-refractivity contribution in [3.8, 4) is 5.75 Å². The van der Waals surface area contributed by atoms with Crippen molar-refractivity contribution in [3.63, 3.8) is 0 Å². The van der Waals surface area contributed by atoms with Gasteiger partial charge in [0.05, 0.1) is 12.1 Å². The summed E-state index contributed by atoms with van der Waals surface area (Å²) < 4.78 is 5.10. The quantitative estimate of drug-likeness (QED) is 0.472. The molecule has 0 aliphatic rings. The maximum Gasteiger partial charge on any atom is 0.159 e. The Balaban J connectivity index is 3.20. The molecular weight excluding hydrogens is 238 g/mol. The van der Waals surface area contributed by atoms with E-state index in [4.69, 9.17) is 16.3 Å². The molecular formula is C12H16ClN3O. The Hall–Kier alpha value is -1.55. The zero-order chi connectivity index (χ0) is 12.8. The molecule has 0 N–H and O–H groups in total. The summed E-state index contributed by atoms with van der Waals surface area (Å²) >= 11 is 6.19. The highest BCUT2D eigenvalue weighted by atomic mass is 35.5. The third kappa shape index (κ3) is 3.46. The molecule has 0 aliphatic carbocycles. The summed E-state index contributed by atoms with van der Waals surface area (Å²) in [5.74, 6) is 1.42. The van der Waals surface area contributed by atoms with Crippen molar-refractivity contribution < 1.29 is 4.74 Å². The highest BCUT2D eigenvalue weighted by Gasteiger charge is 2.11. The van der Waals surface area contributed by atoms with Gasteiger partial charge in [-0.1, -0.05) is 11.6 Å². The van der Waals surface area contributed by atoms with Crippen LogP contribution in [-0.4, -0.2) is 38.2 Å². The van der Waals surface area contributed by atoms with Gasteiger partial charge in [0.1, 0.15) is 5.75 Å². The van der Waals surface area contributed by atoms with Gasteiger partial charge in [-0.05, 0) is 25.1 Å². The smallest absolute Gasteiger partial charge is 0.159 e. The van der Waals surface area contributed by atoms with Crippen molar-refractivity contribution in [1.82, 2.24) is 4.90 Å². The average molecular weight is 254 g/mol. The maximum absolute atomic E-state index is 6.19. The molecule has 0 amide bonds. The van der Waals surface area contributed by atoms with E-state index >= 15 is 0 Å². The van der Waals surface area contributed by atoms with Crippen LogP contribution in [0.25, 0.3) is 0 Å². The van der Waals surface area contributed by atoms with Crippen LogP contribution >= 0.6 is 11.6 Å². The van der Waals surface area contributed by atoms with E-state index in [0.29, 0.717) is 10.9 Å². The van der Waals surface area contributed by atoms with Gasteiger partial charge in [0.25, 0.3) is 0 Å². The van der Waals surface area contributed by atoms with Gasteiger partial charge in [-0.15, -0.1) is 5.10 Å². The Morgan fingerprint density at radius 1 is 1.41 bits per heavy atom. The van der Waals surface area contributed by atoms with E-state index in [0.717, 1.165) is 11.3 Å². The lowest BCUT2D eigenvalue weighted by molar-refractivity contribution is 0.415. The Morgan fingerprint density at radius 3 is 2.59 bits per heavy atom. The largest absolute Gasteiger partial charge is 0.497 e. The normalized spacial score (nSPS) is 11.9. The van der Waals surface area contributed by atoms with Crippen molar-refractivity contribution in [2.75, 3.05) is 21.2 Å². The van der Waals surface area contributed by atoms with Crippen LogP contribution in [0.2, 0.25) is 5.02 Å². The number of hydrogen-bond donors (Lipinski definition) is 0. The molecule has 0 saturated carbocycles. The Morgan fingerprint density at radius 2 is 2.12 bits per heavy atom. The molecule has 17 heavy (non-hydrogen) atoms. The summed E-state index contributed by atoms with van der Waals surface area (Å²) in [7, 11) is 5.39. The predicted octanol–water partition coefficient (Wildman–Crippen LogP) is 2.66. The van der Waals surface area contributed by atoms with E-state index in [-0.39, 0.29) is 0 Å². The topological polar surface area (TPSA) is 37.2 Å². The van der Waals surface area contributed by atoms with Gasteiger partial charge in [0, 0.05) is 25.9 Å². The molecule has 0 spiro atoms. The van der Waals surface area contributed by atoms with Gasteiger partial charge in [0.2, 0.25) is 0 Å². The summed E-state index contributed by atoms with van der Waals surface area (Å²) in [4.78, 5) is 1.86. The first-order valence-corrected chi connectivity index (χ1v) is 5.54. The second-order valence-electron chi connectivity index (χ2n) is 3.54. The van der Waals surface area contributed by atoms with Crippen LogP contribution in [0.4, 0.5) is 0 Å². The van der Waals surface area contributed by atoms with Crippen LogP contribution in [0.5, 0.6) is 5.75 Å². The van der Waals surface area contributed by atoms with Gasteiger partial charge in [0.15, 0.2) is 5.84 Å². The molecule has 0 radical (unpaired) electrons. The summed E-state index contributed by atoms with van der Waals surface area (Å²) in [5, 5.41) is 8.59. The number of benzene rings is 1. The first kappa shape index (κ1) is 13.5. The molecule has 0 bridgehead atoms. The Bertz CT molecular complexity index is 441. The molecule has 1 rings (SSSR count). The van der Waals surface area contributed by atoms with Gasteiger partial charge in [-0.2, -0.15) is 5.10 Å². The van der Waals surface area contributed by atoms with E-state index in [9.17, 15) is 0 Å². The van der Waals surface area contributed by atoms with Crippen molar-refractivity contribution in [1.29, 1.82) is 0 Å². The van der Waals surface area contributed by atoms with Gasteiger partial charge < -0.3 is 9.64 Å². The standard InChI is InChI=1S/C12H16ClN3O/c1-5-14-15-12(16(2)3)10-7-6-9(17-4)8-11(10)13/h5-8H,1-4H3/b14-5+,15-12-. The number of nitrogens with zero attached hydrogens (tertiary/aromatic N) is 3. The molecule has 1 aromatic rings. The molecule has 0 heterocycles. The zero-order valence-electron chi connectivity index (χ0n) is 10.4. The van der Waals surface area contributed by atoms with Crippen molar-refractivity contribution in [2.45, 2.75) is 6.92 Å². The fourth-order valence-corrected chi connectivity index (χ4v) is 1.56. The van der Waals surface area contributed by atoms with E-state index in [1.54, 1.807) is 19.4 Å². The molecule has 0 unspecified atom stereocenters. The minimum atomic E-state index is 0.586. The summed E-state index contributed by atoms with van der Waals surface area (Å²) in [6.07, 6.45) is 1.63. The summed E-state index contributed by atoms with van der Waals surface area (Å²) in [5.41, 5.74) is 0.822. The van der Waals surface area contributed by atoms with Gasteiger partial charge >= 0.3 is 0 Å². The van der Waals surface area contributed by atoms with Crippen molar-refractivity contribution in [2.24, 2.45) is 10.2 Å². The van der Waals surface area contributed by atoms with Crippen LogP contribution < -0.4 is 4.74 Å². The Kier molecular flexibility index (Phi) is 4.97. The first-order valence-electron chi connectivity index (χ1n) is 5.17. The monoisotopic (exact) mass is 253 g/mol. The molecule has 4 nitrogen and oxygen atoms in total. The third-order valence-corrected chi connectivity index (χ3v) is 2.42. The lowest BCUT2D eigenvalue weighted by atomic mass is 10.2. The second-order valence-corrected chi connectivity index (χ2v) is 3.94. The van der Waals surface area contributed by atoms with E-state index in [1.807, 2.05) is 38.1 Å². The van der Waals surface area contributed by atoms with Crippen LogP contribution in [-0.2, 0) is 0 Å². The van der Waals surface area contributed by atoms with Crippen LogP contribution in [0.1, 0.15) is 12.5 Å². The third-order valence-electron chi connectivity index (χ3n) is 2.11. The number of halogens is 1. The number of hydrogen-bond acceptors (Lipinski definition) is 3. The van der Waals surface area contributed by atoms with Crippen LogP contribution in [0.3, 0.4) is 0 Å². The zero-order valence-corrected chi connectivity index (χ0v) is 11.2. The Labute approximate surface area is 107 Å². The summed E-state index contributed by atoms with van der Waals surface area (Å²) in [6, 6.07) is 5.46. The maximum atomic E-state index is 6.19. The summed E-state index contributed by atoms with van der Waals surface area (Å²) in [6.45, 7) is 1.81. The lowest BCUT2D eigenvalue weighted by Gasteiger charge is -2.16. The van der Waals surface area contributed by atoms with Crippen LogP contribution in [0, 0.1) is 0 Å². The SMILES string of the molecule is C/C=N/N=C(/c1ccc(OC)cc1Cl)N(C)C. The predicted molar refractivity (Wildman–Crippen MR) is 72.4 cm³/mol. The second kappa shape index (κ2) is 6.25. The number of methoxy groups -OCH3 is 1. The molecule has 0 fully saturated rings.